The lowest BCUT2D eigenvalue weighted by atomic mass is 9.80. The van der Waals surface area contributed by atoms with Gasteiger partial charge >= 0.3 is 5.97 Å². The number of likely N-dealkylation sites (N-methyl/N-ethyl adjacent to an activating group) is 1. The van der Waals surface area contributed by atoms with Crippen LogP contribution in [-0.4, -0.2) is 47.1 Å². The molecule has 0 aliphatic heterocycles. The highest BCUT2D eigenvalue weighted by atomic mass is 16.4. The highest BCUT2D eigenvalue weighted by Crippen LogP contribution is 2.29. The molecule has 0 spiro atoms. The van der Waals surface area contributed by atoms with Crippen LogP contribution in [0.2, 0.25) is 0 Å². The van der Waals surface area contributed by atoms with Crippen LogP contribution in [0.5, 0.6) is 0 Å². The second-order valence-corrected chi connectivity index (χ2v) is 7.27. The monoisotopic (exact) mass is 332 g/mol. The number of carbonyl (C=O) groups excluding carboxylic acids is 1. The predicted molar refractivity (Wildman–Crippen MR) is 93.9 cm³/mol. The minimum absolute atomic E-state index is 0.0635. The summed E-state index contributed by atoms with van der Waals surface area (Å²) in [5.41, 5.74) is 0.957. The molecule has 1 aromatic carbocycles. The summed E-state index contributed by atoms with van der Waals surface area (Å²) >= 11 is 0. The van der Waals surface area contributed by atoms with E-state index in [4.69, 9.17) is 5.11 Å². The third kappa shape index (κ3) is 4.81. The zero-order valence-electron chi connectivity index (χ0n) is 14.8. The van der Waals surface area contributed by atoms with E-state index in [1.165, 1.54) is 0 Å². The van der Waals surface area contributed by atoms with Crippen LogP contribution in [0, 0.1) is 0 Å². The molecule has 5 nitrogen and oxygen atoms in total. The highest BCUT2D eigenvalue weighted by molar-refractivity contribution is 5.78. The van der Waals surface area contributed by atoms with Crippen molar-refractivity contribution in [3.05, 3.63) is 35.9 Å². The maximum atomic E-state index is 12.3. The third-order valence-corrected chi connectivity index (χ3v) is 4.90. The summed E-state index contributed by atoms with van der Waals surface area (Å²) < 4.78 is 0. The van der Waals surface area contributed by atoms with E-state index < -0.39 is 5.97 Å². The Hall–Kier alpha value is -1.88. The topological polar surface area (TPSA) is 69.6 Å². The normalized spacial score (nSPS) is 20.5. The summed E-state index contributed by atoms with van der Waals surface area (Å²) in [6, 6.07) is 10.5. The number of carboxylic acid groups (broad SMARTS) is 1. The molecule has 0 heterocycles. The van der Waals surface area contributed by atoms with Gasteiger partial charge in [0.1, 0.15) is 0 Å². The second-order valence-electron chi connectivity index (χ2n) is 7.27. The van der Waals surface area contributed by atoms with Gasteiger partial charge in [-0.25, -0.2) is 0 Å². The summed E-state index contributed by atoms with van der Waals surface area (Å²) in [5, 5.41) is 12.0. The number of amides is 1. The summed E-state index contributed by atoms with van der Waals surface area (Å²) in [5.74, 6) is -0.734. The van der Waals surface area contributed by atoms with Gasteiger partial charge < -0.3 is 10.4 Å². The lowest BCUT2D eigenvalue weighted by Crippen LogP contribution is -2.55. The highest BCUT2D eigenvalue weighted by Gasteiger charge is 2.35. The zero-order valence-corrected chi connectivity index (χ0v) is 14.8. The number of nitrogens with one attached hydrogen (secondary N) is 1. The van der Waals surface area contributed by atoms with E-state index in [1.807, 2.05) is 30.0 Å². The van der Waals surface area contributed by atoms with Crippen molar-refractivity contribution in [1.82, 2.24) is 10.2 Å². The van der Waals surface area contributed by atoms with E-state index in [0.29, 0.717) is 6.42 Å². The summed E-state index contributed by atoms with van der Waals surface area (Å²) in [6.45, 7) is 6.92. The minimum Gasteiger partial charge on any atom is -0.480 e. The van der Waals surface area contributed by atoms with Crippen LogP contribution in [0.1, 0.15) is 45.6 Å². The molecule has 1 aromatic rings. The molecular weight excluding hydrogens is 304 g/mol. The molecule has 0 atom stereocenters. The summed E-state index contributed by atoms with van der Waals surface area (Å²) in [7, 11) is 0. The Morgan fingerprint density at radius 2 is 1.88 bits per heavy atom. The number of carbonyl (C=O) groups is 2. The van der Waals surface area contributed by atoms with E-state index in [1.54, 1.807) is 0 Å². The molecule has 2 N–H and O–H groups in total. The van der Waals surface area contributed by atoms with Crippen molar-refractivity contribution in [2.75, 3.05) is 13.1 Å². The zero-order chi connectivity index (χ0) is 17.7. The van der Waals surface area contributed by atoms with Gasteiger partial charge in [-0.15, -0.1) is 0 Å². The van der Waals surface area contributed by atoms with Crippen LogP contribution >= 0.6 is 0 Å². The number of hydrogen-bond donors (Lipinski definition) is 2. The first kappa shape index (κ1) is 18.5. The number of aliphatic carboxylic acids is 1. The maximum Gasteiger partial charge on any atom is 0.317 e. The molecule has 0 aromatic heterocycles. The molecule has 0 radical (unpaired) electrons. The van der Waals surface area contributed by atoms with E-state index in [0.717, 1.165) is 24.9 Å². The van der Waals surface area contributed by atoms with Gasteiger partial charge in [-0.1, -0.05) is 51.1 Å². The van der Waals surface area contributed by atoms with Crippen molar-refractivity contribution < 1.29 is 14.7 Å². The van der Waals surface area contributed by atoms with E-state index in [9.17, 15) is 9.59 Å². The Morgan fingerprint density at radius 3 is 2.42 bits per heavy atom. The van der Waals surface area contributed by atoms with Crippen LogP contribution in [0.3, 0.4) is 0 Å². The van der Waals surface area contributed by atoms with Crippen molar-refractivity contribution in [2.24, 2.45) is 0 Å². The van der Waals surface area contributed by atoms with Gasteiger partial charge in [0.25, 0.3) is 0 Å². The van der Waals surface area contributed by atoms with Crippen molar-refractivity contribution in [3.63, 3.8) is 0 Å². The first-order chi connectivity index (χ1) is 11.3. The Balaban J connectivity index is 1.79. The quantitative estimate of drug-likeness (QED) is 0.767. The lowest BCUT2D eigenvalue weighted by molar-refractivity contribution is -0.139. The van der Waals surface area contributed by atoms with Crippen molar-refractivity contribution in [2.45, 2.75) is 57.5 Å². The lowest BCUT2D eigenvalue weighted by Gasteiger charge is -2.42. The van der Waals surface area contributed by atoms with E-state index in [2.05, 4.69) is 31.3 Å². The summed E-state index contributed by atoms with van der Waals surface area (Å²) in [4.78, 5) is 25.1. The van der Waals surface area contributed by atoms with Crippen LogP contribution in [0.4, 0.5) is 0 Å². The Kier molecular flexibility index (Phi) is 5.99. The van der Waals surface area contributed by atoms with Gasteiger partial charge in [-0.05, 0) is 30.4 Å². The van der Waals surface area contributed by atoms with Crippen LogP contribution in [-0.2, 0) is 15.0 Å². The Bertz CT molecular complexity index is 565. The average molecular weight is 332 g/mol. The third-order valence-electron chi connectivity index (χ3n) is 4.90. The maximum absolute atomic E-state index is 12.3. The fourth-order valence-corrected chi connectivity index (χ4v) is 3.35. The molecule has 0 bridgehead atoms. The van der Waals surface area contributed by atoms with Gasteiger partial charge in [-0.3, -0.25) is 14.5 Å². The molecule has 1 aliphatic rings. The Labute approximate surface area is 144 Å². The Morgan fingerprint density at radius 1 is 1.25 bits per heavy atom. The van der Waals surface area contributed by atoms with Crippen molar-refractivity contribution in [3.8, 4) is 0 Å². The SMILES string of the molecule is CCN(CC(=O)O)C1CC(NC(=O)CC(C)(C)c2ccccc2)C1. The molecule has 1 amide bonds. The standard InChI is InChI=1S/C19H28N2O3/c1-4-21(13-18(23)24)16-10-15(11-16)20-17(22)12-19(2,3)14-8-6-5-7-9-14/h5-9,15-16H,4,10-13H2,1-3H3,(H,20,22)(H,23,24). The number of nitrogens with zero attached hydrogens (tertiary/aromatic N) is 1. The predicted octanol–water partition coefficient (Wildman–Crippen LogP) is 2.41. The minimum atomic E-state index is -0.797. The van der Waals surface area contributed by atoms with Crippen molar-refractivity contribution >= 4 is 11.9 Å². The molecule has 0 unspecified atom stereocenters. The molecule has 1 fully saturated rings. The first-order valence-electron chi connectivity index (χ1n) is 8.62. The average Bonchev–Trinajstić information content (AvgIpc) is 2.48. The molecule has 132 valence electrons. The number of carboxylic acids is 1. The van der Waals surface area contributed by atoms with Crippen LogP contribution in [0.15, 0.2) is 30.3 Å². The first-order valence-corrected chi connectivity index (χ1v) is 8.62. The van der Waals surface area contributed by atoms with Gasteiger partial charge in [0.15, 0.2) is 0 Å². The van der Waals surface area contributed by atoms with Crippen LogP contribution < -0.4 is 5.32 Å². The largest absolute Gasteiger partial charge is 0.480 e. The van der Waals surface area contributed by atoms with E-state index in [-0.39, 0.29) is 30.0 Å². The molecule has 2 rings (SSSR count). The fraction of sp³-hybridized carbons (Fsp3) is 0.579. The van der Waals surface area contributed by atoms with Crippen LogP contribution in [0.25, 0.3) is 0 Å². The fourth-order valence-electron chi connectivity index (χ4n) is 3.35. The van der Waals surface area contributed by atoms with Gasteiger partial charge in [-0.2, -0.15) is 0 Å². The van der Waals surface area contributed by atoms with Gasteiger partial charge in [0.05, 0.1) is 6.54 Å². The van der Waals surface area contributed by atoms with E-state index >= 15 is 0 Å². The molecule has 24 heavy (non-hydrogen) atoms. The number of benzene rings is 1. The molecule has 1 aliphatic carbocycles. The molecule has 5 heteroatoms. The number of hydrogen-bond acceptors (Lipinski definition) is 3. The second kappa shape index (κ2) is 7.79. The van der Waals surface area contributed by atoms with Crippen molar-refractivity contribution in [1.29, 1.82) is 0 Å². The van der Waals surface area contributed by atoms with Gasteiger partial charge in [0, 0.05) is 18.5 Å². The number of rotatable bonds is 8. The molecule has 1 saturated carbocycles. The molecule has 0 saturated heterocycles. The molecular formula is C19H28N2O3. The smallest absolute Gasteiger partial charge is 0.317 e. The van der Waals surface area contributed by atoms with Gasteiger partial charge in [0.2, 0.25) is 5.91 Å². The summed E-state index contributed by atoms with van der Waals surface area (Å²) in [6.07, 6.45) is 2.11.